The quantitative estimate of drug-likeness (QED) is 0.757. The third-order valence-electron chi connectivity index (χ3n) is 3.84. The van der Waals surface area contributed by atoms with E-state index in [1.165, 1.54) is 4.90 Å². The van der Waals surface area contributed by atoms with E-state index in [1.54, 1.807) is 24.3 Å². The van der Waals surface area contributed by atoms with Crippen LogP contribution in [0.4, 0.5) is 10.5 Å². The summed E-state index contributed by atoms with van der Waals surface area (Å²) in [5.74, 6) is -0.863. The number of urea groups is 1. The van der Waals surface area contributed by atoms with Gasteiger partial charge in [-0.25, -0.2) is 4.79 Å². The minimum absolute atomic E-state index is 0.296. The number of halogens is 3. The van der Waals surface area contributed by atoms with E-state index in [0.29, 0.717) is 40.1 Å². The Hall–Kier alpha value is -2.08. The third-order valence-corrected chi connectivity index (χ3v) is 4.65. The molecule has 1 N–H and O–H groups in total. The topological polar surface area (TPSA) is 61.8 Å². The molecule has 1 heterocycles. The summed E-state index contributed by atoms with van der Waals surface area (Å²) in [5, 5.41) is 3.31. The van der Waals surface area contributed by atoms with Crippen molar-refractivity contribution in [3.8, 4) is 0 Å². The fourth-order valence-electron chi connectivity index (χ4n) is 2.72. The van der Waals surface area contributed by atoms with Gasteiger partial charge in [0.1, 0.15) is 5.88 Å². The fourth-order valence-corrected chi connectivity index (χ4v) is 3.18. The number of benzene rings is 2. The van der Waals surface area contributed by atoms with Crippen molar-refractivity contribution in [3.63, 3.8) is 0 Å². The van der Waals surface area contributed by atoms with Crippen LogP contribution in [0.15, 0.2) is 47.5 Å². The highest BCUT2D eigenvalue weighted by molar-refractivity contribution is 6.36. The van der Waals surface area contributed by atoms with Crippen molar-refractivity contribution in [3.05, 3.63) is 63.6 Å². The Balaban J connectivity index is 2.08. The van der Waals surface area contributed by atoms with Crippen LogP contribution in [-0.4, -0.2) is 36.6 Å². The molecule has 2 aromatic rings. The molecule has 0 unspecified atom stereocenters. The maximum absolute atomic E-state index is 12.5. The van der Waals surface area contributed by atoms with E-state index in [9.17, 15) is 9.59 Å². The van der Waals surface area contributed by atoms with Gasteiger partial charge in [0.25, 0.3) is 0 Å². The number of alkyl halides is 1. The number of amides is 3. The number of hydrogen-bond donors (Lipinski definition) is 1. The number of aliphatic imine (C=N–C) groups is 1. The van der Waals surface area contributed by atoms with Gasteiger partial charge in [0.2, 0.25) is 5.91 Å². The third kappa shape index (κ3) is 3.85. The van der Waals surface area contributed by atoms with E-state index < -0.39 is 11.9 Å². The van der Waals surface area contributed by atoms with Gasteiger partial charge in [-0.15, -0.1) is 11.6 Å². The lowest BCUT2D eigenvalue weighted by Crippen LogP contribution is -2.44. The van der Waals surface area contributed by atoms with E-state index in [1.807, 2.05) is 18.2 Å². The normalized spacial score (nSPS) is 13.5. The van der Waals surface area contributed by atoms with Crippen LogP contribution < -0.4 is 10.2 Å². The van der Waals surface area contributed by atoms with E-state index in [4.69, 9.17) is 34.8 Å². The number of carbonyl (C=O) groups excluding carboxylic acids is 2. The van der Waals surface area contributed by atoms with Gasteiger partial charge >= 0.3 is 6.03 Å². The van der Waals surface area contributed by atoms with Gasteiger partial charge in [-0.1, -0.05) is 41.4 Å². The molecule has 0 aromatic heterocycles. The van der Waals surface area contributed by atoms with Gasteiger partial charge in [0.15, 0.2) is 0 Å². The lowest BCUT2D eigenvalue weighted by atomic mass is 10.00. The number of carbonyl (C=O) groups is 2. The molecule has 134 valence electrons. The van der Waals surface area contributed by atoms with Crippen LogP contribution in [0.1, 0.15) is 11.1 Å². The highest BCUT2D eigenvalue weighted by atomic mass is 35.5. The van der Waals surface area contributed by atoms with Gasteiger partial charge < -0.3 is 0 Å². The largest absolute Gasteiger partial charge is 0.328 e. The van der Waals surface area contributed by atoms with Crippen molar-refractivity contribution in [2.24, 2.45) is 4.99 Å². The van der Waals surface area contributed by atoms with Crippen LogP contribution in [0.5, 0.6) is 0 Å². The van der Waals surface area contributed by atoms with E-state index >= 15 is 0 Å². The van der Waals surface area contributed by atoms with Crippen LogP contribution in [0.3, 0.4) is 0 Å². The van der Waals surface area contributed by atoms with Crippen molar-refractivity contribution in [1.82, 2.24) is 5.32 Å². The second-order valence-electron chi connectivity index (χ2n) is 5.51. The molecule has 0 aliphatic carbocycles. The van der Waals surface area contributed by atoms with Crippen LogP contribution in [-0.2, 0) is 4.79 Å². The first kappa shape index (κ1) is 18.7. The summed E-state index contributed by atoms with van der Waals surface area (Å²) in [6, 6.07) is 11.9. The molecular formula is C18H14Cl3N3O2. The zero-order chi connectivity index (χ0) is 18.7. The van der Waals surface area contributed by atoms with Crippen molar-refractivity contribution in [2.75, 3.05) is 23.9 Å². The monoisotopic (exact) mass is 409 g/mol. The number of anilines is 1. The first-order valence-corrected chi connectivity index (χ1v) is 9.07. The minimum atomic E-state index is -0.566. The fraction of sp³-hybridized carbons (Fsp3) is 0.167. The van der Waals surface area contributed by atoms with Crippen LogP contribution >= 0.6 is 34.8 Å². The number of hydrogen-bond acceptors (Lipinski definition) is 3. The number of benzodiazepines with no additional fused rings is 1. The molecule has 1 aliphatic heterocycles. The molecule has 0 fully saturated rings. The van der Waals surface area contributed by atoms with Gasteiger partial charge in [0, 0.05) is 27.7 Å². The minimum Gasteiger partial charge on any atom is -0.292 e. The average molecular weight is 411 g/mol. The summed E-state index contributed by atoms with van der Waals surface area (Å²) in [6.45, 7) is 0.638. The van der Waals surface area contributed by atoms with Crippen molar-refractivity contribution in [2.45, 2.75) is 0 Å². The molecule has 0 bridgehead atoms. The Morgan fingerprint density at radius 2 is 1.88 bits per heavy atom. The Bertz CT molecular complexity index is 899. The molecule has 0 atom stereocenters. The lowest BCUT2D eigenvalue weighted by Gasteiger charge is -2.23. The summed E-state index contributed by atoms with van der Waals surface area (Å²) >= 11 is 18.0. The number of imide groups is 1. The number of nitrogens with one attached hydrogen (secondary N) is 1. The van der Waals surface area contributed by atoms with Gasteiger partial charge in [-0.2, -0.15) is 0 Å². The Morgan fingerprint density at radius 1 is 1.12 bits per heavy atom. The lowest BCUT2D eigenvalue weighted by molar-refractivity contribution is -0.117. The molecule has 3 rings (SSSR count). The Morgan fingerprint density at radius 3 is 2.62 bits per heavy atom. The predicted molar refractivity (Wildman–Crippen MR) is 105 cm³/mol. The summed E-state index contributed by atoms with van der Waals surface area (Å²) in [7, 11) is 0. The summed E-state index contributed by atoms with van der Waals surface area (Å²) in [4.78, 5) is 30.1. The van der Waals surface area contributed by atoms with Gasteiger partial charge in [0.05, 0.1) is 17.9 Å². The van der Waals surface area contributed by atoms with Gasteiger partial charge in [-0.05, 0) is 24.3 Å². The Kier molecular flexibility index (Phi) is 5.81. The van der Waals surface area contributed by atoms with E-state index in [-0.39, 0.29) is 5.88 Å². The van der Waals surface area contributed by atoms with Crippen molar-refractivity contribution >= 4 is 58.1 Å². The predicted octanol–water partition coefficient (Wildman–Crippen LogP) is 4.13. The van der Waals surface area contributed by atoms with Crippen molar-refractivity contribution in [1.29, 1.82) is 0 Å². The molecule has 26 heavy (non-hydrogen) atoms. The molecular weight excluding hydrogens is 397 g/mol. The summed E-state index contributed by atoms with van der Waals surface area (Å²) < 4.78 is 0. The maximum Gasteiger partial charge on any atom is 0.328 e. The number of fused-ring (bicyclic) bond motifs is 1. The zero-order valence-electron chi connectivity index (χ0n) is 13.5. The second-order valence-corrected chi connectivity index (χ2v) is 6.62. The molecule has 5 nitrogen and oxygen atoms in total. The smallest absolute Gasteiger partial charge is 0.292 e. The number of rotatable bonds is 2. The maximum atomic E-state index is 12.5. The SMILES string of the molecule is O=C(CCl)NC(=O)N1CCN=C(c2ccccc2Cl)c2cc(Cl)ccc21. The average Bonchev–Trinajstić information content (AvgIpc) is 2.81. The Labute approximate surface area is 165 Å². The molecule has 1 aliphatic rings. The van der Waals surface area contributed by atoms with Crippen LogP contribution in [0.25, 0.3) is 0 Å². The highest BCUT2D eigenvalue weighted by Crippen LogP contribution is 2.31. The first-order chi connectivity index (χ1) is 12.5. The number of nitrogens with zero attached hydrogens (tertiary/aromatic N) is 2. The molecule has 0 saturated carbocycles. The van der Waals surface area contributed by atoms with Gasteiger partial charge in [-0.3, -0.25) is 20.0 Å². The van der Waals surface area contributed by atoms with E-state index in [0.717, 1.165) is 5.56 Å². The highest BCUT2D eigenvalue weighted by Gasteiger charge is 2.26. The van der Waals surface area contributed by atoms with Crippen molar-refractivity contribution < 1.29 is 9.59 Å². The molecule has 0 spiro atoms. The molecule has 0 radical (unpaired) electrons. The van der Waals surface area contributed by atoms with E-state index in [2.05, 4.69) is 10.3 Å². The standard InChI is InChI=1S/C18H14Cl3N3O2/c19-10-16(25)23-18(26)24-8-7-22-17(12-3-1-2-4-14(12)21)13-9-11(20)5-6-15(13)24/h1-6,9H,7-8,10H2,(H,23,25,26). The molecule has 8 heteroatoms. The molecule has 0 saturated heterocycles. The molecule has 2 aromatic carbocycles. The second kappa shape index (κ2) is 8.08. The summed E-state index contributed by atoms with van der Waals surface area (Å²) in [6.07, 6.45) is 0. The summed E-state index contributed by atoms with van der Waals surface area (Å²) in [5.41, 5.74) is 2.64. The van der Waals surface area contributed by atoms with Crippen LogP contribution in [0, 0.1) is 0 Å². The zero-order valence-corrected chi connectivity index (χ0v) is 15.8. The molecule has 3 amide bonds. The van der Waals surface area contributed by atoms with Crippen LogP contribution in [0.2, 0.25) is 10.0 Å². The first-order valence-electron chi connectivity index (χ1n) is 7.78.